The van der Waals surface area contributed by atoms with Crippen molar-refractivity contribution in [1.82, 2.24) is 0 Å². The van der Waals surface area contributed by atoms with Gasteiger partial charge in [-0.3, -0.25) is 0 Å². The second-order valence-corrected chi connectivity index (χ2v) is 6.55. The zero-order valence-electron chi connectivity index (χ0n) is 16.4. The van der Waals surface area contributed by atoms with Crippen molar-refractivity contribution in [3.05, 3.63) is 16.1 Å². The van der Waals surface area contributed by atoms with E-state index in [9.17, 15) is 0 Å². The van der Waals surface area contributed by atoms with E-state index in [1.54, 1.807) is 25.6 Å². The summed E-state index contributed by atoms with van der Waals surface area (Å²) in [4.78, 5) is 1.36. The van der Waals surface area contributed by atoms with E-state index >= 15 is 0 Å². The number of methoxy groups -OCH3 is 2. The maximum Gasteiger partial charge on any atom is 0.225 e. The van der Waals surface area contributed by atoms with Gasteiger partial charge in [0.15, 0.2) is 12.2 Å². The molecule has 0 aliphatic carbocycles. The van der Waals surface area contributed by atoms with E-state index < -0.39 is 0 Å². The number of ether oxygens (including phenoxy) is 6. The number of rotatable bonds is 18. The van der Waals surface area contributed by atoms with Gasteiger partial charge in [-0.15, -0.1) is 0 Å². The summed E-state index contributed by atoms with van der Waals surface area (Å²) < 4.78 is 34.0. The Morgan fingerprint density at radius 3 is 1.81 bits per heavy atom. The van der Waals surface area contributed by atoms with E-state index in [-0.39, 0.29) is 0 Å². The van der Waals surface area contributed by atoms with Crippen LogP contribution in [0.3, 0.4) is 0 Å². The zero-order chi connectivity index (χ0) is 18.9. The Balaban J connectivity index is 2.00. The van der Waals surface area contributed by atoms with Gasteiger partial charge in [0, 0.05) is 27.6 Å². The van der Waals surface area contributed by atoms with Gasteiger partial charge >= 0.3 is 0 Å². The lowest BCUT2D eigenvalue weighted by Gasteiger charge is -2.06. The van der Waals surface area contributed by atoms with Crippen molar-refractivity contribution in [2.24, 2.45) is 0 Å². The molecule has 1 rings (SSSR count). The van der Waals surface area contributed by atoms with Crippen molar-refractivity contribution in [3.63, 3.8) is 0 Å². The lowest BCUT2D eigenvalue weighted by Crippen LogP contribution is -2.37. The summed E-state index contributed by atoms with van der Waals surface area (Å²) in [5.41, 5.74) is 3.44. The van der Waals surface area contributed by atoms with Crippen LogP contribution >= 0.6 is 11.3 Å². The molecule has 26 heavy (non-hydrogen) atoms. The molecular weight excluding hydrogens is 358 g/mol. The molecule has 0 aliphatic rings. The minimum atomic E-state index is 0.587. The van der Waals surface area contributed by atoms with Gasteiger partial charge < -0.3 is 28.4 Å². The average Bonchev–Trinajstić information content (AvgIpc) is 2.99. The molecule has 152 valence electrons. The molecule has 8 heteroatoms. The molecular formula is C18H34NO6S+. The van der Waals surface area contributed by atoms with Crippen molar-refractivity contribution >= 4 is 11.3 Å². The van der Waals surface area contributed by atoms with Crippen molar-refractivity contribution in [1.29, 1.82) is 0 Å². The number of hydrogen-bond donors (Lipinski definition) is 0. The fraction of sp³-hybridized carbons (Fsp3) is 0.833. The van der Waals surface area contributed by atoms with Crippen LogP contribution in [-0.4, -0.2) is 80.3 Å². The summed E-state index contributed by atoms with van der Waals surface area (Å²) >= 11 is 1.77. The molecule has 1 heterocycles. The van der Waals surface area contributed by atoms with E-state index in [1.807, 2.05) is 0 Å². The highest BCUT2D eigenvalue weighted by Gasteiger charge is 2.14. The molecule has 0 saturated carbocycles. The molecule has 0 saturated heterocycles. The van der Waals surface area contributed by atoms with E-state index in [1.165, 1.54) is 10.6 Å². The van der Waals surface area contributed by atoms with Crippen molar-refractivity contribution in [3.8, 4) is 0 Å². The molecule has 0 spiro atoms. The van der Waals surface area contributed by atoms with Gasteiger partial charge in [-0.1, -0.05) is 11.3 Å². The summed E-state index contributed by atoms with van der Waals surface area (Å²) in [6, 6.07) is 0. The Morgan fingerprint density at radius 1 is 0.731 bits per heavy atom. The molecule has 0 amide bonds. The molecule has 1 aromatic heterocycles. The van der Waals surface area contributed by atoms with E-state index in [4.69, 9.17) is 28.4 Å². The first-order valence-electron chi connectivity index (χ1n) is 9.04. The number of nitrogens with zero attached hydrogens (tertiary/aromatic N) is 1. The Kier molecular flexibility index (Phi) is 14.9. The summed E-state index contributed by atoms with van der Waals surface area (Å²) in [5.74, 6) is 0. The molecule has 0 unspecified atom stereocenters. The predicted octanol–water partition coefficient (Wildman–Crippen LogP) is 1.25. The number of aromatic nitrogens is 1. The smallest absolute Gasteiger partial charge is 0.225 e. The maximum absolute atomic E-state index is 5.65. The van der Waals surface area contributed by atoms with Crippen LogP contribution in [0.5, 0.6) is 0 Å². The van der Waals surface area contributed by atoms with Crippen LogP contribution in [0, 0.1) is 6.92 Å². The average molecular weight is 393 g/mol. The quantitative estimate of drug-likeness (QED) is 0.277. The van der Waals surface area contributed by atoms with Crippen LogP contribution in [0.2, 0.25) is 0 Å². The van der Waals surface area contributed by atoms with Crippen LogP contribution in [0.15, 0.2) is 5.51 Å². The van der Waals surface area contributed by atoms with Crippen LogP contribution in [0.4, 0.5) is 0 Å². The van der Waals surface area contributed by atoms with Crippen LogP contribution in [0.25, 0.3) is 0 Å². The van der Waals surface area contributed by atoms with Gasteiger partial charge in [0.25, 0.3) is 0 Å². The summed E-state index contributed by atoms with van der Waals surface area (Å²) in [6.07, 6.45) is 0.925. The Bertz CT molecular complexity index is 443. The molecule has 0 aliphatic heterocycles. The second kappa shape index (κ2) is 16.6. The lowest BCUT2D eigenvalue weighted by atomic mass is 10.3. The monoisotopic (exact) mass is 392 g/mol. The Morgan fingerprint density at radius 2 is 1.23 bits per heavy atom. The molecule has 0 atom stereocenters. The van der Waals surface area contributed by atoms with E-state index in [0.717, 1.165) is 13.0 Å². The third-order valence-corrected chi connectivity index (χ3v) is 4.86. The van der Waals surface area contributed by atoms with Gasteiger partial charge in [-0.05, 0) is 0 Å². The third-order valence-electron chi connectivity index (χ3n) is 3.71. The standard InChI is InChI=1S/C18H34NO6S/c1-17-18(26-16-19(17)5-7-23-10-8-20-2)4-6-22-12-13-25-15-14-24-11-9-21-3/h16H,4-15H2,1-3H3/q+1. The lowest BCUT2D eigenvalue weighted by molar-refractivity contribution is -0.699. The summed E-state index contributed by atoms with van der Waals surface area (Å²) in [7, 11) is 3.34. The fourth-order valence-electron chi connectivity index (χ4n) is 2.17. The van der Waals surface area contributed by atoms with Gasteiger partial charge in [-0.25, -0.2) is 0 Å². The maximum atomic E-state index is 5.65. The number of thiazole rings is 1. The van der Waals surface area contributed by atoms with E-state index in [0.29, 0.717) is 66.1 Å². The largest absolute Gasteiger partial charge is 0.382 e. The highest BCUT2D eigenvalue weighted by molar-refractivity contribution is 7.09. The third kappa shape index (κ3) is 11.2. The molecule has 0 bridgehead atoms. The minimum absolute atomic E-state index is 0.587. The Labute approximate surface area is 161 Å². The fourth-order valence-corrected chi connectivity index (χ4v) is 3.18. The SMILES string of the molecule is COCCOCCOCCOCCc1sc[n+](CCOCCOC)c1C. The van der Waals surface area contributed by atoms with Crippen molar-refractivity contribution in [2.75, 3.05) is 80.3 Å². The highest BCUT2D eigenvalue weighted by atomic mass is 32.1. The normalized spacial score (nSPS) is 11.3. The van der Waals surface area contributed by atoms with E-state index in [2.05, 4.69) is 17.0 Å². The van der Waals surface area contributed by atoms with Gasteiger partial charge in [-0.2, -0.15) is 4.57 Å². The van der Waals surface area contributed by atoms with Crippen molar-refractivity contribution in [2.45, 2.75) is 19.9 Å². The first kappa shape index (κ1) is 23.4. The molecule has 1 aromatic rings. The first-order chi connectivity index (χ1) is 12.8. The van der Waals surface area contributed by atoms with Crippen LogP contribution in [0.1, 0.15) is 10.6 Å². The van der Waals surface area contributed by atoms with Gasteiger partial charge in [0.2, 0.25) is 5.51 Å². The topological polar surface area (TPSA) is 59.3 Å². The highest BCUT2D eigenvalue weighted by Crippen LogP contribution is 2.11. The predicted molar refractivity (Wildman–Crippen MR) is 100.0 cm³/mol. The first-order valence-corrected chi connectivity index (χ1v) is 9.92. The second-order valence-electron chi connectivity index (χ2n) is 5.61. The van der Waals surface area contributed by atoms with Crippen molar-refractivity contribution < 1.29 is 33.0 Å². The molecule has 0 radical (unpaired) electrons. The van der Waals surface area contributed by atoms with Gasteiger partial charge in [0.05, 0.1) is 64.3 Å². The Hall–Kier alpha value is -0.610. The van der Waals surface area contributed by atoms with Crippen LogP contribution < -0.4 is 4.57 Å². The summed E-state index contributed by atoms with van der Waals surface area (Å²) in [5, 5.41) is 0. The zero-order valence-corrected chi connectivity index (χ0v) is 17.2. The molecule has 0 aromatic carbocycles. The summed E-state index contributed by atoms with van der Waals surface area (Å²) in [6.45, 7) is 9.31. The van der Waals surface area contributed by atoms with Gasteiger partial charge in [0.1, 0.15) is 6.61 Å². The molecule has 0 fully saturated rings. The molecule has 7 nitrogen and oxygen atoms in total. The minimum Gasteiger partial charge on any atom is -0.382 e. The number of hydrogen-bond acceptors (Lipinski definition) is 7. The molecule has 0 N–H and O–H groups in total. The van der Waals surface area contributed by atoms with Crippen LogP contribution in [-0.2, 0) is 41.4 Å².